The quantitative estimate of drug-likeness (QED) is 0.861. The van der Waals surface area contributed by atoms with Gasteiger partial charge in [-0.1, -0.05) is 30.1 Å². The lowest BCUT2D eigenvalue weighted by molar-refractivity contribution is 0.354. The van der Waals surface area contributed by atoms with E-state index in [1.165, 1.54) is 12.8 Å². The number of aromatic hydroxyl groups is 1. The number of hydrogen-bond acceptors (Lipinski definition) is 4. The van der Waals surface area contributed by atoms with Crippen LogP contribution in [-0.2, 0) is 0 Å². The van der Waals surface area contributed by atoms with Gasteiger partial charge in [0.15, 0.2) is 0 Å². The van der Waals surface area contributed by atoms with Crippen LogP contribution in [0.5, 0.6) is 5.75 Å². The van der Waals surface area contributed by atoms with Gasteiger partial charge >= 0.3 is 0 Å². The molecule has 3 rings (SSSR count). The van der Waals surface area contributed by atoms with Crippen LogP contribution >= 0.6 is 0 Å². The van der Waals surface area contributed by atoms with Crippen LogP contribution in [0.1, 0.15) is 37.5 Å². The summed E-state index contributed by atoms with van der Waals surface area (Å²) in [5, 5.41) is 13.4. The highest BCUT2D eigenvalue weighted by Crippen LogP contribution is 2.34. The Labute approximate surface area is 99.3 Å². The summed E-state index contributed by atoms with van der Waals surface area (Å²) in [4.78, 5) is 4.41. The minimum absolute atomic E-state index is 0.217. The Bertz CT molecular complexity index is 516. The molecule has 0 bridgehead atoms. The molecule has 0 saturated heterocycles. The van der Waals surface area contributed by atoms with E-state index in [2.05, 4.69) is 10.1 Å². The van der Waals surface area contributed by atoms with Crippen LogP contribution in [0.15, 0.2) is 28.8 Å². The molecule has 2 aromatic rings. The maximum atomic E-state index is 9.41. The molecule has 0 spiro atoms. The zero-order valence-electron chi connectivity index (χ0n) is 9.47. The van der Waals surface area contributed by atoms with Crippen molar-refractivity contribution in [2.45, 2.75) is 31.6 Å². The Morgan fingerprint density at radius 1 is 1.24 bits per heavy atom. The van der Waals surface area contributed by atoms with Crippen molar-refractivity contribution < 1.29 is 9.63 Å². The zero-order chi connectivity index (χ0) is 11.7. The molecular formula is C13H14N2O2. The van der Waals surface area contributed by atoms with Gasteiger partial charge in [-0.2, -0.15) is 4.98 Å². The van der Waals surface area contributed by atoms with Gasteiger partial charge in [0.1, 0.15) is 5.75 Å². The van der Waals surface area contributed by atoms with Gasteiger partial charge in [0.25, 0.3) is 0 Å². The summed E-state index contributed by atoms with van der Waals surface area (Å²) in [6.07, 6.45) is 4.77. The molecule has 1 N–H and O–H groups in total. The van der Waals surface area contributed by atoms with Crippen molar-refractivity contribution in [3.8, 4) is 17.1 Å². The minimum Gasteiger partial charge on any atom is -0.508 e. The SMILES string of the molecule is Oc1cccc(-c2noc(C3CCCC3)n2)c1. The van der Waals surface area contributed by atoms with Crippen LogP contribution in [0, 0.1) is 0 Å². The third-order valence-electron chi connectivity index (χ3n) is 3.25. The zero-order valence-corrected chi connectivity index (χ0v) is 9.47. The summed E-state index contributed by atoms with van der Waals surface area (Å²) >= 11 is 0. The lowest BCUT2D eigenvalue weighted by atomic mass is 10.1. The molecule has 1 aromatic carbocycles. The predicted molar refractivity (Wildman–Crippen MR) is 62.6 cm³/mol. The second kappa shape index (κ2) is 4.20. The third kappa shape index (κ3) is 2.02. The van der Waals surface area contributed by atoms with E-state index >= 15 is 0 Å². The number of aromatic nitrogens is 2. The average Bonchev–Trinajstić information content (AvgIpc) is 3.00. The molecule has 0 unspecified atom stereocenters. The van der Waals surface area contributed by atoms with E-state index in [0.29, 0.717) is 11.7 Å². The van der Waals surface area contributed by atoms with E-state index in [1.807, 2.05) is 6.07 Å². The van der Waals surface area contributed by atoms with Crippen molar-refractivity contribution >= 4 is 0 Å². The second-order valence-corrected chi connectivity index (χ2v) is 4.49. The van der Waals surface area contributed by atoms with Crippen molar-refractivity contribution in [1.82, 2.24) is 10.1 Å². The summed E-state index contributed by atoms with van der Waals surface area (Å²) in [5.41, 5.74) is 0.790. The molecule has 1 saturated carbocycles. The Morgan fingerprint density at radius 2 is 2.06 bits per heavy atom. The molecule has 4 heteroatoms. The Hall–Kier alpha value is -1.84. The highest BCUT2D eigenvalue weighted by Gasteiger charge is 2.23. The van der Waals surface area contributed by atoms with E-state index in [-0.39, 0.29) is 5.75 Å². The number of phenols is 1. The fourth-order valence-electron chi connectivity index (χ4n) is 2.34. The maximum absolute atomic E-state index is 9.41. The number of phenolic OH excluding ortho intramolecular Hbond substituents is 1. The molecule has 4 nitrogen and oxygen atoms in total. The summed E-state index contributed by atoms with van der Waals surface area (Å²) in [6, 6.07) is 6.91. The first kappa shape index (κ1) is 10.3. The molecule has 1 heterocycles. The maximum Gasteiger partial charge on any atom is 0.230 e. The largest absolute Gasteiger partial charge is 0.508 e. The Kier molecular flexibility index (Phi) is 2.55. The topological polar surface area (TPSA) is 59.2 Å². The van der Waals surface area contributed by atoms with Crippen LogP contribution in [0.2, 0.25) is 0 Å². The van der Waals surface area contributed by atoms with E-state index < -0.39 is 0 Å². The van der Waals surface area contributed by atoms with Crippen molar-refractivity contribution in [3.05, 3.63) is 30.2 Å². The number of benzene rings is 1. The monoisotopic (exact) mass is 230 g/mol. The lowest BCUT2D eigenvalue weighted by Gasteiger charge is -1.99. The molecule has 1 aliphatic carbocycles. The molecule has 0 aliphatic heterocycles. The van der Waals surface area contributed by atoms with Gasteiger partial charge in [-0.05, 0) is 25.0 Å². The predicted octanol–water partition coefficient (Wildman–Crippen LogP) is 3.10. The molecule has 1 aliphatic rings. The van der Waals surface area contributed by atoms with Gasteiger partial charge in [0.05, 0.1) is 0 Å². The number of hydrogen-bond donors (Lipinski definition) is 1. The van der Waals surface area contributed by atoms with Crippen LogP contribution in [0.4, 0.5) is 0 Å². The van der Waals surface area contributed by atoms with Gasteiger partial charge in [-0.15, -0.1) is 0 Å². The van der Waals surface area contributed by atoms with Gasteiger partial charge in [-0.25, -0.2) is 0 Å². The van der Waals surface area contributed by atoms with Gasteiger partial charge in [-0.3, -0.25) is 0 Å². The van der Waals surface area contributed by atoms with Crippen LogP contribution in [-0.4, -0.2) is 15.2 Å². The first-order valence-electron chi connectivity index (χ1n) is 5.96. The van der Waals surface area contributed by atoms with Crippen molar-refractivity contribution in [1.29, 1.82) is 0 Å². The molecule has 88 valence electrons. The summed E-state index contributed by atoms with van der Waals surface area (Å²) < 4.78 is 5.30. The van der Waals surface area contributed by atoms with Gasteiger partial charge in [0, 0.05) is 11.5 Å². The molecule has 1 fully saturated rings. The Morgan fingerprint density at radius 3 is 2.82 bits per heavy atom. The molecular weight excluding hydrogens is 216 g/mol. The van der Waals surface area contributed by atoms with Crippen LogP contribution in [0.3, 0.4) is 0 Å². The van der Waals surface area contributed by atoms with Crippen molar-refractivity contribution in [2.24, 2.45) is 0 Å². The van der Waals surface area contributed by atoms with Gasteiger partial charge < -0.3 is 9.63 Å². The van der Waals surface area contributed by atoms with Crippen molar-refractivity contribution in [3.63, 3.8) is 0 Å². The van der Waals surface area contributed by atoms with E-state index in [4.69, 9.17) is 4.52 Å². The standard InChI is InChI=1S/C13H14N2O2/c16-11-7-3-6-10(8-11)12-14-13(17-15-12)9-4-1-2-5-9/h3,6-9,16H,1-2,4-5H2. The molecule has 0 atom stereocenters. The second-order valence-electron chi connectivity index (χ2n) is 4.49. The Balaban J connectivity index is 1.89. The highest BCUT2D eigenvalue weighted by molar-refractivity contribution is 5.56. The third-order valence-corrected chi connectivity index (χ3v) is 3.25. The number of nitrogens with zero attached hydrogens (tertiary/aromatic N) is 2. The summed E-state index contributed by atoms with van der Waals surface area (Å²) in [6.45, 7) is 0. The lowest BCUT2D eigenvalue weighted by Crippen LogP contribution is -1.91. The number of rotatable bonds is 2. The normalized spacial score (nSPS) is 16.5. The van der Waals surface area contributed by atoms with Crippen LogP contribution < -0.4 is 0 Å². The van der Waals surface area contributed by atoms with E-state index in [1.54, 1.807) is 18.2 Å². The average molecular weight is 230 g/mol. The summed E-state index contributed by atoms with van der Waals surface area (Å²) in [5.74, 6) is 1.94. The molecule has 0 amide bonds. The summed E-state index contributed by atoms with van der Waals surface area (Å²) in [7, 11) is 0. The highest BCUT2D eigenvalue weighted by atomic mass is 16.5. The molecule has 0 radical (unpaired) electrons. The first-order chi connectivity index (χ1) is 8.33. The van der Waals surface area contributed by atoms with E-state index in [0.717, 1.165) is 24.3 Å². The fraction of sp³-hybridized carbons (Fsp3) is 0.385. The molecule has 1 aromatic heterocycles. The first-order valence-corrected chi connectivity index (χ1v) is 5.96. The molecule has 17 heavy (non-hydrogen) atoms. The van der Waals surface area contributed by atoms with E-state index in [9.17, 15) is 5.11 Å². The van der Waals surface area contributed by atoms with Crippen LogP contribution in [0.25, 0.3) is 11.4 Å². The van der Waals surface area contributed by atoms with Crippen molar-refractivity contribution in [2.75, 3.05) is 0 Å². The van der Waals surface area contributed by atoms with Gasteiger partial charge in [0.2, 0.25) is 11.7 Å². The fourth-order valence-corrected chi connectivity index (χ4v) is 2.34. The minimum atomic E-state index is 0.217. The smallest absolute Gasteiger partial charge is 0.230 e.